The van der Waals surface area contributed by atoms with Crippen LogP contribution in [0.1, 0.15) is 49.4 Å². The van der Waals surface area contributed by atoms with Crippen LogP contribution < -0.4 is 0 Å². The SMILES string of the molecule is CSc1ccccc1C(=O)N1CCCCCC1CC(C)=O. The van der Waals surface area contributed by atoms with Gasteiger partial charge in [-0.25, -0.2) is 0 Å². The van der Waals surface area contributed by atoms with Crippen LogP contribution in [0.5, 0.6) is 0 Å². The number of nitrogens with zero attached hydrogens (tertiary/aromatic N) is 1. The average Bonchev–Trinajstić information content (AvgIpc) is 2.71. The topological polar surface area (TPSA) is 37.4 Å². The van der Waals surface area contributed by atoms with Crippen molar-refractivity contribution in [1.82, 2.24) is 4.90 Å². The number of hydrogen-bond donors (Lipinski definition) is 0. The van der Waals surface area contributed by atoms with Gasteiger partial charge < -0.3 is 4.90 Å². The van der Waals surface area contributed by atoms with Gasteiger partial charge in [0.2, 0.25) is 0 Å². The molecule has 0 N–H and O–H groups in total. The van der Waals surface area contributed by atoms with Crippen molar-refractivity contribution in [3.8, 4) is 0 Å². The fourth-order valence-corrected chi connectivity index (χ4v) is 3.55. The lowest BCUT2D eigenvalue weighted by atomic mass is 10.0. The van der Waals surface area contributed by atoms with E-state index in [9.17, 15) is 9.59 Å². The van der Waals surface area contributed by atoms with Crippen LogP contribution in [0.4, 0.5) is 0 Å². The highest BCUT2D eigenvalue weighted by molar-refractivity contribution is 7.98. The molecular weight excluding hydrogens is 282 g/mol. The van der Waals surface area contributed by atoms with Crippen LogP contribution >= 0.6 is 11.8 Å². The monoisotopic (exact) mass is 305 g/mol. The third-order valence-electron chi connectivity index (χ3n) is 4.00. The van der Waals surface area contributed by atoms with Crippen molar-refractivity contribution >= 4 is 23.5 Å². The molecular formula is C17H23NO2S. The van der Waals surface area contributed by atoms with E-state index in [0.29, 0.717) is 6.42 Å². The van der Waals surface area contributed by atoms with Crippen LogP contribution in [0.2, 0.25) is 0 Å². The molecule has 0 radical (unpaired) electrons. The van der Waals surface area contributed by atoms with Gasteiger partial charge in [-0.05, 0) is 38.2 Å². The van der Waals surface area contributed by atoms with Gasteiger partial charge in [0.25, 0.3) is 5.91 Å². The zero-order valence-corrected chi connectivity index (χ0v) is 13.6. The van der Waals surface area contributed by atoms with E-state index in [1.165, 1.54) is 0 Å². The predicted molar refractivity (Wildman–Crippen MR) is 86.8 cm³/mol. The van der Waals surface area contributed by atoms with Gasteiger partial charge in [0.1, 0.15) is 5.78 Å². The lowest BCUT2D eigenvalue weighted by Gasteiger charge is -2.30. The Labute approximate surface area is 131 Å². The Bertz CT molecular complexity index is 515. The standard InChI is InChI=1S/C17H23NO2S/c1-13(19)12-14-8-4-3-7-11-18(14)17(20)15-9-5-6-10-16(15)21-2/h5-6,9-10,14H,3-4,7-8,11-12H2,1-2H3. The highest BCUT2D eigenvalue weighted by Gasteiger charge is 2.28. The maximum Gasteiger partial charge on any atom is 0.255 e. The molecule has 1 aliphatic heterocycles. The first kappa shape index (κ1) is 16.1. The second-order valence-electron chi connectivity index (χ2n) is 5.61. The third kappa shape index (κ3) is 4.10. The minimum atomic E-state index is 0.0624. The molecule has 114 valence electrons. The van der Waals surface area contributed by atoms with Gasteiger partial charge in [0, 0.05) is 23.9 Å². The molecule has 1 saturated heterocycles. The summed E-state index contributed by atoms with van der Waals surface area (Å²) in [5.74, 6) is 0.242. The zero-order chi connectivity index (χ0) is 15.2. The Morgan fingerprint density at radius 1 is 1.24 bits per heavy atom. The fraction of sp³-hybridized carbons (Fsp3) is 0.529. The van der Waals surface area contributed by atoms with Crippen molar-refractivity contribution in [2.45, 2.75) is 50.0 Å². The molecule has 2 rings (SSSR count). The number of Topliss-reactive ketones (excluding diaryl/α,β-unsaturated/α-hetero) is 1. The van der Waals surface area contributed by atoms with E-state index in [-0.39, 0.29) is 17.7 Å². The maximum atomic E-state index is 12.9. The molecule has 1 unspecified atom stereocenters. The van der Waals surface area contributed by atoms with Crippen molar-refractivity contribution in [3.63, 3.8) is 0 Å². The van der Waals surface area contributed by atoms with Gasteiger partial charge >= 0.3 is 0 Å². The molecule has 1 atom stereocenters. The van der Waals surface area contributed by atoms with Crippen molar-refractivity contribution in [1.29, 1.82) is 0 Å². The van der Waals surface area contributed by atoms with Crippen molar-refractivity contribution in [2.75, 3.05) is 12.8 Å². The zero-order valence-electron chi connectivity index (χ0n) is 12.8. The minimum absolute atomic E-state index is 0.0624. The number of thioether (sulfide) groups is 1. The van der Waals surface area contributed by atoms with Crippen LogP contribution in [0.25, 0.3) is 0 Å². The molecule has 0 aliphatic carbocycles. The third-order valence-corrected chi connectivity index (χ3v) is 4.79. The summed E-state index contributed by atoms with van der Waals surface area (Å²) in [5.41, 5.74) is 0.764. The average molecular weight is 305 g/mol. The van der Waals surface area contributed by atoms with Gasteiger partial charge in [-0.1, -0.05) is 25.0 Å². The molecule has 0 aromatic heterocycles. The van der Waals surface area contributed by atoms with E-state index in [0.717, 1.165) is 42.7 Å². The number of ketones is 1. The van der Waals surface area contributed by atoms with E-state index in [4.69, 9.17) is 0 Å². The molecule has 1 aromatic rings. The molecule has 1 aromatic carbocycles. The normalized spacial score (nSPS) is 19.1. The van der Waals surface area contributed by atoms with E-state index < -0.39 is 0 Å². The molecule has 21 heavy (non-hydrogen) atoms. The molecule has 1 heterocycles. The summed E-state index contributed by atoms with van der Waals surface area (Å²) in [6, 6.07) is 7.80. The Kier molecular flexibility index (Phi) is 5.85. The summed E-state index contributed by atoms with van der Waals surface area (Å²) in [7, 11) is 0. The minimum Gasteiger partial charge on any atom is -0.335 e. The largest absolute Gasteiger partial charge is 0.335 e. The molecule has 0 saturated carbocycles. The summed E-state index contributed by atoms with van der Waals surface area (Å²) in [6.07, 6.45) is 6.68. The Morgan fingerprint density at radius 2 is 2.00 bits per heavy atom. The molecule has 3 nitrogen and oxygen atoms in total. The highest BCUT2D eigenvalue weighted by atomic mass is 32.2. The Hall–Kier alpha value is -1.29. The maximum absolute atomic E-state index is 12.9. The van der Waals surface area contributed by atoms with Crippen LogP contribution in [0.15, 0.2) is 29.2 Å². The van der Waals surface area contributed by atoms with Gasteiger partial charge in [0.05, 0.1) is 5.56 Å². The van der Waals surface area contributed by atoms with E-state index in [1.807, 2.05) is 35.4 Å². The van der Waals surface area contributed by atoms with E-state index in [2.05, 4.69) is 0 Å². The summed E-state index contributed by atoms with van der Waals surface area (Å²) >= 11 is 1.59. The number of rotatable bonds is 4. The number of hydrogen-bond acceptors (Lipinski definition) is 3. The Balaban J connectivity index is 2.26. The van der Waals surface area contributed by atoms with Crippen LogP contribution in [0.3, 0.4) is 0 Å². The summed E-state index contributed by atoms with van der Waals surface area (Å²) in [6.45, 7) is 2.38. The summed E-state index contributed by atoms with van der Waals surface area (Å²) in [5, 5.41) is 0. The Morgan fingerprint density at radius 3 is 2.71 bits per heavy atom. The van der Waals surface area contributed by atoms with Crippen molar-refractivity contribution < 1.29 is 9.59 Å². The molecule has 1 aliphatic rings. The predicted octanol–water partition coefficient (Wildman–Crippen LogP) is 3.77. The van der Waals surface area contributed by atoms with Crippen molar-refractivity contribution in [3.05, 3.63) is 29.8 Å². The van der Waals surface area contributed by atoms with E-state index >= 15 is 0 Å². The van der Waals surface area contributed by atoms with Gasteiger partial charge in [0.15, 0.2) is 0 Å². The smallest absolute Gasteiger partial charge is 0.255 e. The fourth-order valence-electron chi connectivity index (χ4n) is 2.96. The summed E-state index contributed by atoms with van der Waals surface area (Å²) in [4.78, 5) is 27.4. The molecule has 1 fully saturated rings. The van der Waals surface area contributed by atoms with Gasteiger partial charge in [-0.15, -0.1) is 11.8 Å². The highest BCUT2D eigenvalue weighted by Crippen LogP contribution is 2.26. The lowest BCUT2D eigenvalue weighted by molar-refractivity contribution is -0.118. The number of likely N-dealkylation sites (tertiary alicyclic amines) is 1. The number of amides is 1. The molecule has 1 amide bonds. The van der Waals surface area contributed by atoms with Crippen LogP contribution in [0, 0.1) is 0 Å². The van der Waals surface area contributed by atoms with Gasteiger partial charge in [-0.3, -0.25) is 9.59 Å². The quantitative estimate of drug-likeness (QED) is 0.795. The van der Waals surface area contributed by atoms with E-state index in [1.54, 1.807) is 18.7 Å². The second-order valence-corrected chi connectivity index (χ2v) is 6.46. The molecule has 0 spiro atoms. The lowest BCUT2D eigenvalue weighted by Crippen LogP contribution is -2.41. The van der Waals surface area contributed by atoms with Crippen molar-refractivity contribution in [2.24, 2.45) is 0 Å². The number of carbonyl (C=O) groups is 2. The first-order valence-electron chi connectivity index (χ1n) is 7.57. The second kappa shape index (κ2) is 7.64. The summed E-state index contributed by atoms with van der Waals surface area (Å²) < 4.78 is 0. The van der Waals surface area contributed by atoms with Crippen LogP contribution in [-0.4, -0.2) is 35.4 Å². The number of carbonyl (C=O) groups excluding carboxylic acids is 2. The van der Waals surface area contributed by atoms with Gasteiger partial charge in [-0.2, -0.15) is 0 Å². The molecule has 4 heteroatoms. The first-order valence-corrected chi connectivity index (χ1v) is 8.79. The van der Waals surface area contributed by atoms with Crippen LogP contribution in [-0.2, 0) is 4.79 Å². The molecule has 0 bridgehead atoms. The first-order chi connectivity index (χ1) is 10.1. The number of benzene rings is 1.